The summed E-state index contributed by atoms with van der Waals surface area (Å²) in [6, 6.07) is 5.37. The Kier molecular flexibility index (Phi) is 3.33. The molecule has 0 atom stereocenters. The summed E-state index contributed by atoms with van der Waals surface area (Å²) >= 11 is 5.87. The molecule has 1 saturated carbocycles. The van der Waals surface area contributed by atoms with E-state index >= 15 is 0 Å². The molecule has 1 N–H and O–H groups in total. The minimum absolute atomic E-state index is 0.219. The summed E-state index contributed by atoms with van der Waals surface area (Å²) in [5.41, 5.74) is 1.07. The van der Waals surface area contributed by atoms with Gasteiger partial charge >= 0.3 is 0 Å². The zero-order valence-corrected chi connectivity index (χ0v) is 11.3. The third-order valence-electron chi connectivity index (χ3n) is 4.75. The van der Waals surface area contributed by atoms with Gasteiger partial charge in [-0.1, -0.05) is 36.6 Å². The maximum atomic E-state index is 14.0. The summed E-state index contributed by atoms with van der Waals surface area (Å²) in [5.74, 6) is 0.542. The quantitative estimate of drug-likeness (QED) is 0.878. The fraction of sp³-hybridized carbons (Fsp3) is 0.600. The Balaban J connectivity index is 1.83. The van der Waals surface area contributed by atoms with Crippen molar-refractivity contribution in [3.63, 3.8) is 0 Å². The lowest BCUT2D eigenvalue weighted by Gasteiger charge is -2.48. The van der Waals surface area contributed by atoms with Crippen LogP contribution in [0.4, 0.5) is 4.39 Å². The minimum atomic E-state index is -0.219. The van der Waals surface area contributed by atoms with Gasteiger partial charge in [0.05, 0.1) is 5.02 Å². The Labute approximate surface area is 113 Å². The zero-order valence-electron chi connectivity index (χ0n) is 10.5. The molecule has 0 unspecified atom stereocenters. The molecule has 2 aliphatic rings. The average molecular weight is 268 g/mol. The molecular formula is C15H19ClFN. The molecule has 1 nitrogen and oxygen atoms in total. The van der Waals surface area contributed by atoms with E-state index in [0.29, 0.717) is 0 Å². The first kappa shape index (κ1) is 12.4. The monoisotopic (exact) mass is 267 g/mol. The van der Waals surface area contributed by atoms with Crippen LogP contribution in [-0.2, 0) is 6.42 Å². The lowest BCUT2D eigenvalue weighted by Crippen LogP contribution is -2.58. The van der Waals surface area contributed by atoms with Gasteiger partial charge in [0.25, 0.3) is 0 Å². The second kappa shape index (κ2) is 4.82. The molecule has 0 aromatic heterocycles. The van der Waals surface area contributed by atoms with Gasteiger partial charge < -0.3 is 5.32 Å². The Morgan fingerprint density at radius 1 is 1.28 bits per heavy atom. The minimum Gasteiger partial charge on any atom is -0.315 e. The molecule has 1 aliphatic carbocycles. The highest BCUT2D eigenvalue weighted by Crippen LogP contribution is 2.45. The van der Waals surface area contributed by atoms with E-state index in [1.807, 2.05) is 12.1 Å². The lowest BCUT2D eigenvalue weighted by atomic mass is 9.66. The molecule has 0 amide bonds. The Morgan fingerprint density at radius 3 is 2.61 bits per heavy atom. The van der Waals surface area contributed by atoms with Crippen molar-refractivity contribution in [1.82, 2.24) is 5.32 Å². The molecule has 3 rings (SSSR count). The van der Waals surface area contributed by atoms with Gasteiger partial charge in [-0.3, -0.25) is 0 Å². The highest BCUT2D eigenvalue weighted by Gasteiger charge is 2.45. The van der Waals surface area contributed by atoms with Crippen LogP contribution in [0.5, 0.6) is 0 Å². The molecule has 1 aromatic rings. The van der Waals surface area contributed by atoms with Crippen molar-refractivity contribution in [3.8, 4) is 0 Å². The maximum absolute atomic E-state index is 14.0. The molecule has 18 heavy (non-hydrogen) atoms. The number of rotatable bonds is 3. The molecule has 0 spiro atoms. The second-order valence-corrected chi connectivity index (χ2v) is 6.24. The summed E-state index contributed by atoms with van der Waals surface area (Å²) < 4.78 is 14.0. The van der Waals surface area contributed by atoms with E-state index in [2.05, 4.69) is 5.32 Å². The van der Waals surface area contributed by atoms with Crippen LogP contribution in [0.15, 0.2) is 18.2 Å². The first-order valence-corrected chi connectivity index (χ1v) is 7.23. The summed E-state index contributed by atoms with van der Waals surface area (Å²) in [6.45, 7) is 2.06. The predicted molar refractivity (Wildman–Crippen MR) is 72.4 cm³/mol. The van der Waals surface area contributed by atoms with Gasteiger partial charge in [-0.25, -0.2) is 4.39 Å². The third kappa shape index (κ3) is 2.06. The summed E-state index contributed by atoms with van der Waals surface area (Å²) in [5, 5.41) is 3.63. The van der Waals surface area contributed by atoms with Crippen molar-refractivity contribution in [2.24, 2.45) is 11.3 Å². The molecule has 2 fully saturated rings. The maximum Gasteiger partial charge on any atom is 0.144 e. The third-order valence-corrected chi connectivity index (χ3v) is 5.04. The first-order chi connectivity index (χ1) is 8.71. The molecule has 1 aromatic carbocycles. The standard InChI is InChI=1S/C15H19ClFN/c16-13-7-3-4-11(14(13)17)8-15(9-18-10-15)12-5-1-2-6-12/h3-4,7,12,18H,1-2,5-6,8-10H2. The molecule has 1 saturated heterocycles. The fourth-order valence-electron chi connectivity index (χ4n) is 3.61. The average Bonchev–Trinajstić information content (AvgIpc) is 2.83. The topological polar surface area (TPSA) is 12.0 Å². The van der Waals surface area contributed by atoms with Crippen LogP contribution in [0.1, 0.15) is 31.2 Å². The van der Waals surface area contributed by atoms with E-state index < -0.39 is 0 Å². The lowest BCUT2D eigenvalue weighted by molar-refractivity contribution is 0.0801. The zero-order chi connectivity index (χ0) is 12.6. The van der Waals surface area contributed by atoms with Gasteiger partial charge in [-0.15, -0.1) is 0 Å². The van der Waals surface area contributed by atoms with Crippen LogP contribution >= 0.6 is 11.6 Å². The van der Waals surface area contributed by atoms with E-state index in [0.717, 1.165) is 31.0 Å². The van der Waals surface area contributed by atoms with Crippen molar-refractivity contribution in [3.05, 3.63) is 34.6 Å². The molecular weight excluding hydrogens is 249 g/mol. The number of hydrogen-bond donors (Lipinski definition) is 1. The Hall–Kier alpha value is -0.600. The van der Waals surface area contributed by atoms with Gasteiger partial charge in [0, 0.05) is 18.5 Å². The Bertz CT molecular complexity index is 436. The number of hydrogen-bond acceptors (Lipinski definition) is 1. The SMILES string of the molecule is Fc1c(Cl)cccc1CC1(C2CCCC2)CNC1. The summed E-state index contributed by atoms with van der Waals surface area (Å²) in [6.07, 6.45) is 6.12. The fourth-order valence-corrected chi connectivity index (χ4v) is 3.80. The second-order valence-electron chi connectivity index (χ2n) is 5.84. The molecule has 1 heterocycles. The highest BCUT2D eigenvalue weighted by atomic mass is 35.5. The summed E-state index contributed by atoms with van der Waals surface area (Å²) in [7, 11) is 0. The van der Waals surface area contributed by atoms with Crippen molar-refractivity contribution < 1.29 is 4.39 Å². The van der Waals surface area contributed by atoms with E-state index in [-0.39, 0.29) is 16.3 Å². The Morgan fingerprint density at radius 2 is 2.00 bits per heavy atom. The molecule has 0 bridgehead atoms. The van der Waals surface area contributed by atoms with Crippen molar-refractivity contribution in [2.45, 2.75) is 32.1 Å². The molecule has 0 radical (unpaired) electrons. The van der Waals surface area contributed by atoms with E-state index in [9.17, 15) is 4.39 Å². The van der Waals surface area contributed by atoms with E-state index in [1.165, 1.54) is 25.7 Å². The van der Waals surface area contributed by atoms with E-state index in [4.69, 9.17) is 11.6 Å². The smallest absolute Gasteiger partial charge is 0.144 e. The number of halogens is 2. The summed E-state index contributed by atoms with van der Waals surface area (Å²) in [4.78, 5) is 0. The van der Waals surface area contributed by atoms with Gasteiger partial charge in [0.1, 0.15) is 5.82 Å². The van der Waals surface area contributed by atoms with Crippen molar-refractivity contribution in [2.75, 3.05) is 13.1 Å². The van der Waals surface area contributed by atoms with Crippen LogP contribution in [0.3, 0.4) is 0 Å². The van der Waals surface area contributed by atoms with Crippen molar-refractivity contribution in [1.29, 1.82) is 0 Å². The van der Waals surface area contributed by atoms with Crippen LogP contribution in [0, 0.1) is 17.2 Å². The first-order valence-electron chi connectivity index (χ1n) is 6.85. The predicted octanol–water partition coefficient (Wildman–Crippen LogP) is 3.80. The molecule has 98 valence electrons. The van der Waals surface area contributed by atoms with Gasteiger partial charge in [0.15, 0.2) is 0 Å². The largest absolute Gasteiger partial charge is 0.315 e. The number of nitrogens with one attached hydrogen (secondary N) is 1. The highest BCUT2D eigenvalue weighted by molar-refractivity contribution is 6.30. The van der Waals surface area contributed by atoms with Crippen LogP contribution in [0.2, 0.25) is 5.02 Å². The normalized spacial score (nSPS) is 23.0. The molecule has 3 heteroatoms. The van der Waals surface area contributed by atoms with Gasteiger partial charge in [0.2, 0.25) is 0 Å². The van der Waals surface area contributed by atoms with Crippen LogP contribution in [0.25, 0.3) is 0 Å². The molecule has 1 aliphatic heterocycles. The van der Waals surface area contributed by atoms with E-state index in [1.54, 1.807) is 6.07 Å². The van der Waals surface area contributed by atoms with Gasteiger partial charge in [-0.05, 0) is 36.8 Å². The van der Waals surface area contributed by atoms with Crippen LogP contribution in [-0.4, -0.2) is 13.1 Å². The van der Waals surface area contributed by atoms with Crippen molar-refractivity contribution >= 4 is 11.6 Å². The van der Waals surface area contributed by atoms with Gasteiger partial charge in [-0.2, -0.15) is 0 Å². The number of benzene rings is 1. The van der Waals surface area contributed by atoms with Crippen LogP contribution < -0.4 is 5.32 Å².